The third-order valence-corrected chi connectivity index (χ3v) is 5.07. The van der Waals surface area contributed by atoms with Gasteiger partial charge in [0.2, 0.25) is 0 Å². The maximum absolute atomic E-state index is 6.21. The molecule has 2 aromatic rings. The van der Waals surface area contributed by atoms with Crippen LogP contribution in [0.15, 0.2) is 24.3 Å². The van der Waals surface area contributed by atoms with Crippen LogP contribution in [0.25, 0.3) is 11.0 Å². The predicted octanol–water partition coefficient (Wildman–Crippen LogP) is 3.46. The van der Waals surface area contributed by atoms with Gasteiger partial charge in [0.25, 0.3) is 0 Å². The summed E-state index contributed by atoms with van der Waals surface area (Å²) >= 11 is 0. The highest BCUT2D eigenvalue weighted by molar-refractivity contribution is 5.76. The van der Waals surface area contributed by atoms with Crippen molar-refractivity contribution in [3.63, 3.8) is 0 Å². The van der Waals surface area contributed by atoms with Gasteiger partial charge < -0.3 is 10.3 Å². The molecule has 2 N–H and O–H groups in total. The number of hydrogen-bond donors (Lipinski definition) is 1. The van der Waals surface area contributed by atoms with Gasteiger partial charge >= 0.3 is 0 Å². The Morgan fingerprint density at radius 1 is 1.30 bits per heavy atom. The summed E-state index contributed by atoms with van der Waals surface area (Å²) in [5.41, 5.74) is 8.65. The van der Waals surface area contributed by atoms with E-state index in [2.05, 4.69) is 42.7 Å². The average Bonchev–Trinajstić information content (AvgIpc) is 2.87. The Kier molecular flexibility index (Phi) is 3.55. The molecule has 0 radical (unpaired) electrons. The third-order valence-electron chi connectivity index (χ3n) is 5.07. The number of hydrogen-bond acceptors (Lipinski definition) is 2. The zero-order valence-electron chi connectivity index (χ0n) is 12.6. The number of para-hydroxylation sites is 2. The number of benzene rings is 1. The summed E-state index contributed by atoms with van der Waals surface area (Å²) in [7, 11) is 0. The molecule has 0 unspecified atom stereocenters. The van der Waals surface area contributed by atoms with Crippen LogP contribution in [-0.2, 0) is 12.0 Å². The fourth-order valence-electron chi connectivity index (χ4n) is 3.63. The van der Waals surface area contributed by atoms with Crippen LogP contribution in [0.5, 0.6) is 0 Å². The minimum Gasteiger partial charge on any atom is -0.329 e. The van der Waals surface area contributed by atoms with Gasteiger partial charge in [0.1, 0.15) is 5.82 Å². The molecule has 1 aromatic heterocycles. The summed E-state index contributed by atoms with van der Waals surface area (Å²) in [5.74, 6) is 2.05. The van der Waals surface area contributed by atoms with Crippen LogP contribution in [0.4, 0.5) is 0 Å². The first kappa shape index (κ1) is 13.6. The minimum atomic E-state index is 0.0849. The number of fused-ring (bicyclic) bond motifs is 1. The fraction of sp³-hybridized carbons (Fsp3) is 0.588. The molecule has 1 saturated carbocycles. The first-order chi connectivity index (χ1) is 9.70. The van der Waals surface area contributed by atoms with E-state index >= 15 is 0 Å². The van der Waals surface area contributed by atoms with E-state index < -0.39 is 0 Å². The molecule has 3 nitrogen and oxygen atoms in total. The van der Waals surface area contributed by atoms with Crippen LogP contribution in [0.3, 0.4) is 0 Å². The van der Waals surface area contributed by atoms with E-state index in [1.165, 1.54) is 37.0 Å². The summed E-state index contributed by atoms with van der Waals surface area (Å²) in [5, 5.41) is 0. The lowest BCUT2D eigenvalue weighted by atomic mass is 9.70. The molecule has 20 heavy (non-hydrogen) atoms. The highest BCUT2D eigenvalue weighted by Gasteiger charge is 2.38. The second-order valence-corrected chi connectivity index (χ2v) is 6.34. The number of imidazole rings is 1. The molecular weight excluding hydrogens is 246 g/mol. The summed E-state index contributed by atoms with van der Waals surface area (Å²) in [6, 6.07) is 8.45. The van der Waals surface area contributed by atoms with E-state index in [9.17, 15) is 0 Å². The molecule has 3 heteroatoms. The van der Waals surface area contributed by atoms with Crippen LogP contribution in [-0.4, -0.2) is 16.1 Å². The largest absolute Gasteiger partial charge is 0.329 e. The van der Waals surface area contributed by atoms with E-state index in [1.807, 2.05) is 0 Å². The lowest BCUT2D eigenvalue weighted by Crippen LogP contribution is -2.41. The normalized spacial score (nSPS) is 27.1. The van der Waals surface area contributed by atoms with Crippen LogP contribution in [0.1, 0.15) is 45.4 Å². The molecular formula is C17H25N3. The maximum atomic E-state index is 6.21. The van der Waals surface area contributed by atoms with Crippen molar-refractivity contribution in [3.05, 3.63) is 30.1 Å². The van der Waals surface area contributed by atoms with Gasteiger partial charge in [0.05, 0.1) is 11.0 Å². The van der Waals surface area contributed by atoms with Crippen molar-refractivity contribution in [2.24, 2.45) is 11.7 Å². The van der Waals surface area contributed by atoms with Crippen molar-refractivity contribution in [2.45, 2.75) is 51.5 Å². The summed E-state index contributed by atoms with van der Waals surface area (Å²) in [4.78, 5) is 4.96. The molecule has 0 aliphatic heterocycles. The third kappa shape index (κ3) is 2.05. The van der Waals surface area contributed by atoms with Crippen LogP contribution in [0.2, 0.25) is 0 Å². The van der Waals surface area contributed by atoms with Gasteiger partial charge in [-0.05, 0) is 50.7 Å². The van der Waals surface area contributed by atoms with E-state index in [0.29, 0.717) is 6.54 Å². The molecule has 3 rings (SSSR count). The molecule has 1 aliphatic carbocycles. The highest BCUT2D eigenvalue weighted by Crippen LogP contribution is 2.41. The van der Waals surface area contributed by atoms with E-state index in [1.54, 1.807) is 0 Å². The van der Waals surface area contributed by atoms with Crippen molar-refractivity contribution >= 4 is 11.0 Å². The second kappa shape index (κ2) is 5.21. The van der Waals surface area contributed by atoms with E-state index in [4.69, 9.17) is 10.7 Å². The Morgan fingerprint density at radius 3 is 2.65 bits per heavy atom. The van der Waals surface area contributed by atoms with Crippen molar-refractivity contribution < 1.29 is 0 Å². The number of nitrogens with zero attached hydrogens (tertiary/aromatic N) is 2. The first-order valence-corrected chi connectivity index (χ1v) is 7.86. The molecule has 1 fully saturated rings. The predicted molar refractivity (Wildman–Crippen MR) is 83.8 cm³/mol. The monoisotopic (exact) mass is 271 g/mol. The molecule has 108 valence electrons. The number of aryl methyl sites for hydroxylation is 1. The molecule has 1 aliphatic rings. The first-order valence-electron chi connectivity index (χ1n) is 7.86. The molecule has 0 amide bonds. The summed E-state index contributed by atoms with van der Waals surface area (Å²) in [6.07, 6.45) is 4.89. The van der Waals surface area contributed by atoms with Gasteiger partial charge in [0, 0.05) is 18.5 Å². The Morgan fingerprint density at radius 2 is 2.00 bits per heavy atom. The zero-order valence-corrected chi connectivity index (χ0v) is 12.6. The Balaban J connectivity index is 2.12. The lowest BCUT2D eigenvalue weighted by molar-refractivity contribution is 0.232. The van der Waals surface area contributed by atoms with Crippen molar-refractivity contribution in [1.82, 2.24) is 9.55 Å². The molecule has 0 spiro atoms. The smallest absolute Gasteiger partial charge is 0.117 e. The Labute approximate surface area is 121 Å². The van der Waals surface area contributed by atoms with Crippen LogP contribution in [0, 0.1) is 5.92 Å². The molecule has 0 atom stereocenters. The lowest BCUT2D eigenvalue weighted by Gasteiger charge is -2.38. The second-order valence-electron chi connectivity index (χ2n) is 6.34. The Hall–Kier alpha value is -1.35. The highest BCUT2D eigenvalue weighted by atomic mass is 15.1. The topological polar surface area (TPSA) is 43.8 Å². The fourth-order valence-corrected chi connectivity index (χ4v) is 3.63. The average molecular weight is 271 g/mol. The standard InChI is InChI=1S/C17H25N3/c1-3-20-15-7-5-4-6-14(15)19-16(20)17(12-18)10-8-13(2)9-11-17/h4-7,13H,3,8-12,18H2,1-2H3. The Bertz CT molecular complexity index is 591. The van der Waals surface area contributed by atoms with Crippen molar-refractivity contribution in [3.8, 4) is 0 Å². The number of nitrogens with two attached hydrogens (primary N) is 1. The van der Waals surface area contributed by atoms with Crippen molar-refractivity contribution in [1.29, 1.82) is 0 Å². The SMILES string of the molecule is CCn1c(C2(CN)CCC(C)CC2)nc2ccccc21. The number of aromatic nitrogens is 2. The van der Waals surface area contributed by atoms with Crippen LogP contribution >= 0.6 is 0 Å². The molecule has 0 bridgehead atoms. The molecule has 0 saturated heterocycles. The van der Waals surface area contributed by atoms with E-state index in [-0.39, 0.29) is 5.41 Å². The van der Waals surface area contributed by atoms with Gasteiger partial charge in [0.15, 0.2) is 0 Å². The van der Waals surface area contributed by atoms with E-state index in [0.717, 1.165) is 18.0 Å². The minimum absolute atomic E-state index is 0.0849. The molecule has 1 aromatic carbocycles. The van der Waals surface area contributed by atoms with Gasteiger partial charge in [-0.2, -0.15) is 0 Å². The summed E-state index contributed by atoms with van der Waals surface area (Å²) in [6.45, 7) is 6.23. The maximum Gasteiger partial charge on any atom is 0.117 e. The van der Waals surface area contributed by atoms with Gasteiger partial charge in [-0.25, -0.2) is 4.98 Å². The van der Waals surface area contributed by atoms with Crippen molar-refractivity contribution in [2.75, 3.05) is 6.54 Å². The zero-order chi connectivity index (χ0) is 14.2. The van der Waals surface area contributed by atoms with Gasteiger partial charge in [-0.15, -0.1) is 0 Å². The molecule has 1 heterocycles. The quantitative estimate of drug-likeness (QED) is 0.929. The van der Waals surface area contributed by atoms with Gasteiger partial charge in [-0.1, -0.05) is 19.1 Å². The van der Waals surface area contributed by atoms with Crippen LogP contribution < -0.4 is 5.73 Å². The number of rotatable bonds is 3. The van der Waals surface area contributed by atoms with Gasteiger partial charge in [-0.3, -0.25) is 0 Å². The summed E-state index contributed by atoms with van der Waals surface area (Å²) < 4.78 is 2.37.